The molecule has 3 rings (SSSR count). The lowest BCUT2D eigenvalue weighted by Crippen LogP contribution is -2.36. The Balaban J connectivity index is 1.46. The maximum absolute atomic E-state index is 12.3. The predicted octanol–water partition coefficient (Wildman–Crippen LogP) is 3.78. The number of amides is 2. The topological polar surface area (TPSA) is 76.7 Å². The smallest absolute Gasteiger partial charge is 0.262 e. The number of methoxy groups -OCH3 is 1. The average molecular weight is 382 g/mol. The van der Waals surface area contributed by atoms with Gasteiger partial charge in [-0.05, 0) is 61.4 Å². The SMILES string of the molecule is COc1ccc(OCC(=O)Nc2ccc(C(=O)NC3CCCCC3)cc2)cc1. The molecule has 0 spiro atoms. The Morgan fingerprint density at radius 3 is 2.21 bits per heavy atom. The van der Waals surface area contributed by atoms with E-state index in [4.69, 9.17) is 9.47 Å². The number of hydrogen-bond acceptors (Lipinski definition) is 4. The fourth-order valence-corrected chi connectivity index (χ4v) is 3.24. The van der Waals surface area contributed by atoms with E-state index in [2.05, 4.69) is 10.6 Å². The van der Waals surface area contributed by atoms with Crippen LogP contribution in [0.25, 0.3) is 0 Å². The van der Waals surface area contributed by atoms with E-state index in [-0.39, 0.29) is 24.5 Å². The molecule has 6 nitrogen and oxygen atoms in total. The molecule has 0 heterocycles. The van der Waals surface area contributed by atoms with E-state index >= 15 is 0 Å². The van der Waals surface area contributed by atoms with Gasteiger partial charge in [0.25, 0.3) is 11.8 Å². The molecule has 1 aliphatic rings. The molecule has 0 radical (unpaired) electrons. The molecule has 28 heavy (non-hydrogen) atoms. The minimum Gasteiger partial charge on any atom is -0.497 e. The zero-order valence-electron chi connectivity index (χ0n) is 16.1. The Bertz CT molecular complexity index is 781. The van der Waals surface area contributed by atoms with Gasteiger partial charge in [-0.2, -0.15) is 0 Å². The van der Waals surface area contributed by atoms with Crippen LogP contribution in [0.15, 0.2) is 48.5 Å². The number of carbonyl (C=O) groups excluding carboxylic acids is 2. The molecule has 1 fully saturated rings. The number of hydrogen-bond donors (Lipinski definition) is 2. The van der Waals surface area contributed by atoms with Gasteiger partial charge in [-0.25, -0.2) is 0 Å². The van der Waals surface area contributed by atoms with E-state index < -0.39 is 0 Å². The Morgan fingerprint density at radius 2 is 1.57 bits per heavy atom. The molecule has 2 amide bonds. The molecule has 0 bridgehead atoms. The fourth-order valence-electron chi connectivity index (χ4n) is 3.24. The maximum atomic E-state index is 12.3. The molecule has 0 aliphatic heterocycles. The van der Waals surface area contributed by atoms with Gasteiger partial charge in [-0.3, -0.25) is 9.59 Å². The number of ether oxygens (including phenoxy) is 2. The van der Waals surface area contributed by atoms with Crippen LogP contribution in [-0.4, -0.2) is 31.6 Å². The summed E-state index contributed by atoms with van der Waals surface area (Å²) in [5, 5.41) is 5.85. The van der Waals surface area contributed by atoms with Crippen LogP contribution in [0.4, 0.5) is 5.69 Å². The highest BCUT2D eigenvalue weighted by Crippen LogP contribution is 2.19. The lowest BCUT2D eigenvalue weighted by molar-refractivity contribution is -0.118. The van der Waals surface area contributed by atoms with E-state index in [0.717, 1.165) is 18.6 Å². The van der Waals surface area contributed by atoms with Crippen LogP contribution in [0, 0.1) is 0 Å². The summed E-state index contributed by atoms with van der Waals surface area (Å²) in [5.74, 6) is 0.984. The van der Waals surface area contributed by atoms with Crippen molar-refractivity contribution < 1.29 is 19.1 Å². The third-order valence-corrected chi connectivity index (χ3v) is 4.80. The molecular weight excluding hydrogens is 356 g/mol. The quantitative estimate of drug-likeness (QED) is 0.764. The molecule has 2 aromatic rings. The van der Waals surface area contributed by atoms with Crippen LogP contribution >= 0.6 is 0 Å². The first-order valence-electron chi connectivity index (χ1n) is 9.61. The maximum Gasteiger partial charge on any atom is 0.262 e. The van der Waals surface area contributed by atoms with Gasteiger partial charge >= 0.3 is 0 Å². The third kappa shape index (κ3) is 5.74. The van der Waals surface area contributed by atoms with Gasteiger partial charge in [0.1, 0.15) is 11.5 Å². The van der Waals surface area contributed by atoms with Gasteiger partial charge in [0.2, 0.25) is 0 Å². The summed E-state index contributed by atoms with van der Waals surface area (Å²) >= 11 is 0. The van der Waals surface area contributed by atoms with Crippen molar-refractivity contribution in [1.82, 2.24) is 5.32 Å². The summed E-state index contributed by atoms with van der Waals surface area (Å²) in [6.45, 7) is -0.101. The molecular formula is C22H26N2O4. The van der Waals surface area contributed by atoms with Crippen molar-refractivity contribution in [3.8, 4) is 11.5 Å². The first kappa shape index (κ1) is 19.7. The lowest BCUT2D eigenvalue weighted by Gasteiger charge is -2.22. The molecule has 0 unspecified atom stereocenters. The van der Waals surface area contributed by atoms with Crippen LogP contribution in [0.3, 0.4) is 0 Å². The normalized spacial score (nSPS) is 14.2. The molecule has 0 aromatic heterocycles. The minimum absolute atomic E-state index is 0.0624. The summed E-state index contributed by atoms with van der Waals surface area (Å²) in [6.07, 6.45) is 5.70. The van der Waals surface area contributed by atoms with Crippen molar-refractivity contribution in [2.24, 2.45) is 0 Å². The van der Waals surface area contributed by atoms with Gasteiger partial charge in [0.05, 0.1) is 7.11 Å². The zero-order chi connectivity index (χ0) is 19.8. The second-order valence-electron chi connectivity index (χ2n) is 6.90. The van der Waals surface area contributed by atoms with Crippen molar-refractivity contribution in [3.63, 3.8) is 0 Å². The first-order chi connectivity index (χ1) is 13.6. The summed E-state index contributed by atoms with van der Waals surface area (Å²) in [5.41, 5.74) is 1.22. The third-order valence-electron chi connectivity index (χ3n) is 4.80. The largest absolute Gasteiger partial charge is 0.497 e. The van der Waals surface area contributed by atoms with Gasteiger partial charge in [-0.15, -0.1) is 0 Å². The number of anilines is 1. The van der Waals surface area contributed by atoms with E-state index in [0.29, 0.717) is 17.0 Å². The zero-order valence-corrected chi connectivity index (χ0v) is 16.1. The Morgan fingerprint density at radius 1 is 0.929 bits per heavy atom. The Labute approximate surface area is 165 Å². The number of carbonyl (C=O) groups is 2. The molecule has 1 aliphatic carbocycles. The molecule has 148 valence electrons. The fraction of sp³-hybridized carbons (Fsp3) is 0.364. The summed E-state index contributed by atoms with van der Waals surface area (Å²) in [6, 6.07) is 14.2. The molecule has 1 saturated carbocycles. The van der Waals surface area contributed by atoms with Gasteiger partial charge in [-0.1, -0.05) is 19.3 Å². The second kappa shape index (κ2) is 9.78. The van der Waals surface area contributed by atoms with Crippen molar-refractivity contribution in [2.45, 2.75) is 38.1 Å². The minimum atomic E-state index is -0.268. The predicted molar refractivity (Wildman–Crippen MR) is 108 cm³/mol. The molecule has 6 heteroatoms. The lowest BCUT2D eigenvalue weighted by atomic mass is 9.95. The highest BCUT2D eigenvalue weighted by atomic mass is 16.5. The monoisotopic (exact) mass is 382 g/mol. The molecule has 0 saturated heterocycles. The summed E-state index contributed by atoms with van der Waals surface area (Å²) < 4.78 is 10.5. The summed E-state index contributed by atoms with van der Waals surface area (Å²) in [4.78, 5) is 24.4. The Kier molecular flexibility index (Phi) is 6.89. The van der Waals surface area contributed by atoms with Gasteiger partial charge < -0.3 is 20.1 Å². The standard InChI is InChI=1S/C22H26N2O4/c1-27-19-11-13-20(14-12-19)28-15-21(25)23-18-9-7-16(8-10-18)22(26)24-17-5-3-2-4-6-17/h7-14,17H,2-6,15H2,1H3,(H,23,25)(H,24,26). The van der Waals surface area contributed by atoms with Gasteiger partial charge in [0, 0.05) is 17.3 Å². The highest BCUT2D eigenvalue weighted by Gasteiger charge is 2.16. The number of nitrogens with one attached hydrogen (secondary N) is 2. The van der Waals surface area contributed by atoms with E-state index in [1.54, 1.807) is 55.6 Å². The van der Waals surface area contributed by atoms with E-state index in [9.17, 15) is 9.59 Å². The van der Waals surface area contributed by atoms with Crippen LogP contribution in [-0.2, 0) is 4.79 Å². The van der Waals surface area contributed by atoms with Crippen LogP contribution in [0.1, 0.15) is 42.5 Å². The first-order valence-corrected chi connectivity index (χ1v) is 9.61. The molecule has 0 atom stereocenters. The average Bonchev–Trinajstić information content (AvgIpc) is 2.74. The Hall–Kier alpha value is -3.02. The second-order valence-corrected chi connectivity index (χ2v) is 6.90. The van der Waals surface area contributed by atoms with Crippen molar-refractivity contribution in [2.75, 3.05) is 19.0 Å². The van der Waals surface area contributed by atoms with Crippen LogP contribution in [0.5, 0.6) is 11.5 Å². The molecule has 2 aromatic carbocycles. The van der Waals surface area contributed by atoms with E-state index in [1.165, 1.54) is 19.3 Å². The molecule has 2 N–H and O–H groups in total. The van der Waals surface area contributed by atoms with Gasteiger partial charge in [0.15, 0.2) is 6.61 Å². The van der Waals surface area contributed by atoms with Crippen LogP contribution in [0.2, 0.25) is 0 Å². The number of rotatable bonds is 7. The van der Waals surface area contributed by atoms with Crippen molar-refractivity contribution in [3.05, 3.63) is 54.1 Å². The van der Waals surface area contributed by atoms with Crippen LogP contribution < -0.4 is 20.1 Å². The van der Waals surface area contributed by atoms with Crippen molar-refractivity contribution in [1.29, 1.82) is 0 Å². The number of benzene rings is 2. The summed E-state index contributed by atoms with van der Waals surface area (Å²) in [7, 11) is 1.59. The highest BCUT2D eigenvalue weighted by molar-refractivity contribution is 5.96. The van der Waals surface area contributed by atoms with E-state index in [1.807, 2.05) is 0 Å². The van der Waals surface area contributed by atoms with Crippen molar-refractivity contribution >= 4 is 17.5 Å².